The molecule has 0 saturated carbocycles. The summed E-state index contributed by atoms with van der Waals surface area (Å²) in [4.78, 5) is 40.1. The number of fused-ring (bicyclic) bond motifs is 2. The van der Waals surface area contributed by atoms with Crippen LogP contribution in [0.5, 0.6) is 5.88 Å². The summed E-state index contributed by atoms with van der Waals surface area (Å²) in [6.07, 6.45) is 0. The summed E-state index contributed by atoms with van der Waals surface area (Å²) in [6, 6.07) is 7.08. The van der Waals surface area contributed by atoms with E-state index in [-0.39, 0.29) is 24.0 Å². The first-order chi connectivity index (χ1) is 15.5. The number of benzene rings is 1. The number of ether oxygens (including phenoxy) is 2. The van der Waals surface area contributed by atoms with Crippen LogP contribution in [0.1, 0.15) is 28.0 Å². The SMILES string of the molecule is CCn1c(NNC(=O)c2sc3nc(COC)nc(OC)c3c2C)nc2ccccc2c1=O. The maximum atomic E-state index is 13.0. The fourth-order valence-corrected chi connectivity index (χ4v) is 4.51. The van der Waals surface area contributed by atoms with E-state index in [0.717, 1.165) is 0 Å². The van der Waals surface area contributed by atoms with Gasteiger partial charge in [0.2, 0.25) is 11.8 Å². The van der Waals surface area contributed by atoms with E-state index in [1.807, 2.05) is 13.8 Å². The first-order valence-electron chi connectivity index (χ1n) is 9.87. The van der Waals surface area contributed by atoms with Crippen LogP contribution in [0, 0.1) is 6.92 Å². The highest BCUT2D eigenvalue weighted by Crippen LogP contribution is 2.35. The minimum atomic E-state index is -0.383. The van der Waals surface area contributed by atoms with Gasteiger partial charge in [-0.25, -0.2) is 9.97 Å². The number of aromatic nitrogens is 4. The minimum absolute atomic E-state index is 0.182. The van der Waals surface area contributed by atoms with Crippen molar-refractivity contribution in [2.24, 2.45) is 0 Å². The van der Waals surface area contributed by atoms with Crippen LogP contribution in [-0.4, -0.2) is 39.6 Å². The standard InChI is InChI=1S/C21H22N6O4S/c1-5-27-20(29)12-8-6-7-9-13(12)22-21(27)26-25-17(28)16-11(2)15-18(31-4)23-14(10-30-3)24-19(15)32-16/h6-9H,5,10H2,1-4H3,(H,22,26)(H,25,28). The lowest BCUT2D eigenvalue weighted by molar-refractivity contribution is 0.0965. The van der Waals surface area contributed by atoms with Gasteiger partial charge in [-0.05, 0) is 31.5 Å². The first-order valence-corrected chi connectivity index (χ1v) is 10.7. The van der Waals surface area contributed by atoms with Gasteiger partial charge in [0.1, 0.15) is 11.4 Å². The molecule has 4 aromatic rings. The number of nitrogens with zero attached hydrogens (tertiary/aromatic N) is 4. The second-order valence-electron chi connectivity index (χ2n) is 6.90. The van der Waals surface area contributed by atoms with Crippen molar-refractivity contribution < 1.29 is 14.3 Å². The van der Waals surface area contributed by atoms with Gasteiger partial charge in [-0.15, -0.1) is 11.3 Å². The summed E-state index contributed by atoms with van der Waals surface area (Å²) in [5, 5.41) is 1.20. The highest BCUT2D eigenvalue weighted by atomic mass is 32.1. The number of amides is 1. The molecule has 0 radical (unpaired) electrons. The largest absolute Gasteiger partial charge is 0.480 e. The Labute approximate surface area is 187 Å². The van der Waals surface area contributed by atoms with Crippen LogP contribution in [0.3, 0.4) is 0 Å². The molecule has 3 aromatic heterocycles. The predicted molar refractivity (Wildman–Crippen MR) is 122 cm³/mol. The molecule has 0 spiro atoms. The van der Waals surface area contributed by atoms with Gasteiger partial charge in [-0.1, -0.05) is 12.1 Å². The number of hydrogen-bond donors (Lipinski definition) is 2. The van der Waals surface area contributed by atoms with Crippen molar-refractivity contribution >= 4 is 44.3 Å². The van der Waals surface area contributed by atoms with Crippen molar-refractivity contribution in [3.63, 3.8) is 0 Å². The highest BCUT2D eigenvalue weighted by molar-refractivity contribution is 7.20. The van der Waals surface area contributed by atoms with E-state index in [9.17, 15) is 9.59 Å². The number of methoxy groups -OCH3 is 2. The molecule has 0 aliphatic rings. The van der Waals surface area contributed by atoms with E-state index in [4.69, 9.17) is 9.47 Å². The van der Waals surface area contributed by atoms with Gasteiger partial charge in [0, 0.05) is 13.7 Å². The van der Waals surface area contributed by atoms with Gasteiger partial charge in [-0.3, -0.25) is 25.0 Å². The van der Waals surface area contributed by atoms with Crippen LogP contribution >= 0.6 is 11.3 Å². The zero-order valence-corrected chi connectivity index (χ0v) is 18.9. The normalized spacial score (nSPS) is 11.1. The van der Waals surface area contributed by atoms with Crippen LogP contribution in [0.25, 0.3) is 21.1 Å². The van der Waals surface area contributed by atoms with Gasteiger partial charge in [0.05, 0.1) is 28.3 Å². The third-order valence-corrected chi connectivity index (χ3v) is 6.13. The maximum absolute atomic E-state index is 13.0. The number of carbonyl (C=O) groups is 1. The van der Waals surface area contributed by atoms with E-state index in [1.165, 1.54) is 23.0 Å². The zero-order chi connectivity index (χ0) is 22.8. The second-order valence-corrected chi connectivity index (χ2v) is 7.90. The lowest BCUT2D eigenvalue weighted by Crippen LogP contribution is -2.34. The number of hydrazine groups is 1. The van der Waals surface area contributed by atoms with Crippen LogP contribution in [-0.2, 0) is 17.9 Å². The van der Waals surface area contributed by atoms with Crippen molar-refractivity contribution in [1.82, 2.24) is 24.9 Å². The fourth-order valence-electron chi connectivity index (χ4n) is 3.43. The average Bonchev–Trinajstić information content (AvgIpc) is 3.13. The Morgan fingerprint density at radius 3 is 2.69 bits per heavy atom. The van der Waals surface area contributed by atoms with Gasteiger partial charge in [-0.2, -0.15) is 4.98 Å². The molecule has 166 valence electrons. The molecule has 2 N–H and O–H groups in total. The highest BCUT2D eigenvalue weighted by Gasteiger charge is 2.21. The van der Waals surface area contributed by atoms with E-state index in [1.54, 1.807) is 31.4 Å². The molecular weight excluding hydrogens is 432 g/mol. The summed E-state index contributed by atoms with van der Waals surface area (Å²) < 4.78 is 12.0. The summed E-state index contributed by atoms with van der Waals surface area (Å²) >= 11 is 1.22. The molecule has 0 saturated heterocycles. The Kier molecular flexibility index (Phi) is 6.01. The summed E-state index contributed by atoms with van der Waals surface area (Å²) in [6.45, 7) is 4.27. The molecule has 0 aliphatic carbocycles. The number of nitrogens with one attached hydrogen (secondary N) is 2. The zero-order valence-electron chi connectivity index (χ0n) is 18.1. The minimum Gasteiger partial charge on any atom is -0.480 e. The van der Waals surface area contributed by atoms with Crippen molar-refractivity contribution in [3.05, 3.63) is 50.9 Å². The Balaban J connectivity index is 1.66. The number of para-hydroxylation sites is 1. The van der Waals surface area contributed by atoms with Gasteiger partial charge < -0.3 is 9.47 Å². The number of anilines is 1. The molecule has 0 atom stereocenters. The molecule has 32 heavy (non-hydrogen) atoms. The van der Waals surface area contributed by atoms with Crippen LogP contribution in [0.4, 0.5) is 5.95 Å². The van der Waals surface area contributed by atoms with Crippen molar-refractivity contribution in [3.8, 4) is 5.88 Å². The topological polar surface area (TPSA) is 120 Å². The Hall–Kier alpha value is -3.57. The molecule has 10 nitrogen and oxygen atoms in total. The Bertz CT molecular complexity index is 1380. The average molecular weight is 455 g/mol. The number of carbonyl (C=O) groups excluding carboxylic acids is 1. The van der Waals surface area contributed by atoms with Gasteiger partial charge >= 0.3 is 0 Å². The van der Waals surface area contributed by atoms with E-state index in [2.05, 4.69) is 25.8 Å². The van der Waals surface area contributed by atoms with Crippen molar-refractivity contribution in [2.75, 3.05) is 19.6 Å². The summed E-state index contributed by atoms with van der Waals surface area (Å²) in [7, 11) is 3.08. The third kappa shape index (κ3) is 3.76. The van der Waals surface area contributed by atoms with E-state index >= 15 is 0 Å². The van der Waals surface area contributed by atoms with Crippen molar-refractivity contribution in [2.45, 2.75) is 27.0 Å². The molecular formula is C21H22N6O4S. The number of aryl methyl sites for hydroxylation is 1. The fraction of sp³-hybridized carbons (Fsp3) is 0.286. The van der Waals surface area contributed by atoms with Crippen LogP contribution < -0.4 is 21.1 Å². The molecule has 11 heteroatoms. The molecule has 1 amide bonds. The molecule has 4 rings (SSSR count). The number of rotatable bonds is 7. The van der Waals surface area contributed by atoms with Crippen LogP contribution in [0.15, 0.2) is 29.1 Å². The monoisotopic (exact) mass is 454 g/mol. The summed E-state index contributed by atoms with van der Waals surface area (Å²) in [5.41, 5.74) is 6.51. The van der Waals surface area contributed by atoms with Gasteiger partial charge in [0.15, 0.2) is 5.82 Å². The quantitative estimate of drug-likeness (QED) is 0.409. The first kappa shape index (κ1) is 21.7. The third-order valence-electron chi connectivity index (χ3n) is 4.94. The molecule has 0 unspecified atom stereocenters. The molecule has 0 aliphatic heterocycles. The lowest BCUT2D eigenvalue weighted by atomic mass is 10.2. The number of thiophene rings is 1. The van der Waals surface area contributed by atoms with E-state index < -0.39 is 0 Å². The molecule has 1 aromatic carbocycles. The van der Waals surface area contributed by atoms with E-state index in [0.29, 0.717) is 49.8 Å². The molecule has 3 heterocycles. The Morgan fingerprint density at radius 1 is 1.19 bits per heavy atom. The Morgan fingerprint density at radius 2 is 1.97 bits per heavy atom. The number of hydrogen-bond acceptors (Lipinski definition) is 9. The lowest BCUT2D eigenvalue weighted by Gasteiger charge is -2.13. The van der Waals surface area contributed by atoms with Crippen molar-refractivity contribution in [1.29, 1.82) is 0 Å². The summed E-state index contributed by atoms with van der Waals surface area (Å²) in [5.74, 6) is 0.725. The molecule has 0 fully saturated rings. The van der Waals surface area contributed by atoms with Gasteiger partial charge in [0.25, 0.3) is 11.5 Å². The van der Waals surface area contributed by atoms with Crippen LogP contribution in [0.2, 0.25) is 0 Å². The second kappa shape index (κ2) is 8.89. The predicted octanol–water partition coefficient (Wildman–Crippen LogP) is 2.64. The smallest absolute Gasteiger partial charge is 0.280 e. The maximum Gasteiger partial charge on any atom is 0.280 e. The molecule has 0 bridgehead atoms.